The summed E-state index contributed by atoms with van der Waals surface area (Å²) in [6.07, 6.45) is 0.738. The van der Waals surface area contributed by atoms with Gasteiger partial charge < -0.3 is 15.2 Å². The Kier molecular flexibility index (Phi) is 5.93. The molecule has 162 valence electrons. The van der Waals surface area contributed by atoms with Crippen molar-refractivity contribution in [3.05, 3.63) is 60.2 Å². The zero-order valence-electron chi connectivity index (χ0n) is 18.2. The molecule has 1 aromatic heterocycles. The number of amides is 3. The van der Waals surface area contributed by atoms with Crippen molar-refractivity contribution in [2.24, 2.45) is 5.92 Å². The number of carbonyl (C=O) groups is 2. The molecule has 0 fully saturated rings. The molecule has 0 radical (unpaired) electrons. The second-order valence-corrected chi connectivity index (χ2v) is 8.47. The number of hydrogen-bond acceptors (Lipinski definition) is 3. The summed E-state index contributed by atoms with van der Waals surface area (Å²) < 4.78 is 2.04. The van der Waals surface area contributed by atoms with Gasteiger partial charge in [-0.1, -0.05) is 56.3 Å². The van der Waals surface area contributed by atoms with Crippen LogP contribution < -0.4 is 15.5 Å². The predicted molar refractivity (Wildman–Crippen MR) is 122 cm³/mol. The molecule has 0 aliphatic carbocycles. The van der Waals surface area contributed by atoms with E-state index in [1.807, 2.05) is 79.9 Å². The van der Waals surface area contributed by atoms with Gasteiger partial charge in [-0.3, -0.25) is 9.69 Å². The lowest BCUT2D eigenvalue weighted by Gasteiger charge is -2.26. The van der Waals surface area contributed by atoms with Crippen LogP contribution in [0.1, 0.15) is 26.3 Å². The lowest BCUT2D eigenvalue weighted by Crippen LogP contribution is -2.55. The Morgan fingerprint density at radius 3 is 2.42 bits per heavy atom. The Hall–Kier alpha value is -3.35. The van der Waals surface area contributed by atoms with E-state index in [-0.39, 0.29) is 23.9 Å². The summed E-state index contributed by atoms with van der Waals surface area (Å²) in [6, 6.07) is 16.9. The van der Waals surface area contributed by atoms with Crippen molar-refractivity contribution in [3.8, 4) is 0 Å². The minimum Gasteiger partial charge on any atom is -0.352 e. The Bertz CT molecular complexity index is 1080. The third-order valence-electron chi connectivity index (χ3n) is 5.67. The molecule has 2 atom stereocenters. The van der Waals surface area contributed by atoms with E-state index in [2.05, 4.69) is 15.6 Å². The third kappa shape index (κ3) is 4.40. The van der Waals surface area contributed by atoms with E-state index in [9.17, 15) is 9.59 Å². The maximum atomic E-state index is 13.1. The molecule has 4 rings (SSSR count). The van der Waals surface area contributed by atoms with Gasteiger partial charge in [0.2, 0.25) is 11.9 Å². The Labute approximate surface area is 182 Å². The highest BCUT2D eigenvalue weighted by atomic mass is 16.2. The molecule has 2 aromatic carbocycles. The van der Waals surface area contributed by atoms with Crippen LogP contribution in [0.3, 0.4) is 0 Å². The predicted octanol–water partition coefficient (Wildman–Crippen LogP) is 3.34. The first-order chi connectivity index (χ1) is 14.9. The molecule has 7 heteroatoms. The van der Waals surface area contributed by atoms with Gasteiger partial charge in [-0.15, -0.1) is 0 Å². The van der Waals surface area contributed by atoms with Crippen LogP contribution in [-0.2, 0) is 17.8 Å². The van der Waals surface area contributed by atoms with Gasteiger partial charge in [0.15, 0.2) is 0 Å². The highest BCUT2D eigenvalue weighted by Gasteiger charge is 2.32. The van der Waals surface area contributed by atoms with Crippen molar-refractivity contribution in [2.75, 3.05) is 11.4 Å². The normalized spacial score (nSPS) is 15.0. The summed E-state index contributed by atoms with van der Waals surface area (Å²) in [5.74, 6) is 0.410. The van der Waals surface area contributed by atoms with Gasteiger partial charge >= 0.3 is 6.03 Å². The minimum absolute atomic E-state index is 0.0379. The fourth-order valence-corrected chi connectivity index (χ4v) is 4.08. The summed E-state index contributed by atoms with van der Waals surface area (Å²) in [7, 11) is 0. The number of imidazole rings is 1. The standard InChI is InChI=1S/C24H29N5O2/c1-16(2)21(22(30)25-17(3)15-18-9-5-4-6-10-18)27-24(31)29-14-13-28-20-12-8-7-11-19(20)26-23(28)29/h4-12,16-17,21H,13-15H2,1-3H3,(H,25,30)(H,27,31)/t17-,21-/m0/s1. The Balaban J connectivity index is 1.43. The molecule has 0 spiro atoms. The van der Waals surface area contributed by atoms with Crippen molar-refractivity contribution in [3.63, 3.8) is 0 Å². The zero-order chi connectivity index (χ0) is 22.0. The number of nitrogens with zero attached hydrogens (tertiary/aromatic N) is 3. The molecule has 1 aliphatic rings. The van der Waals surface area contributed by atoms with Crippen LogP contribution in [0.15, 0.2) is 54.6 Å². The maximum absolute atomic E-state index is 13.1. The van der Waals surface area contributed by atoms with Gasteiger partial charge in [0.25, 0.3) is 0 Å². The Morgan fingerprint density at radius 1 is 0.968 bits per heavy atom. The summed E-state index contributed by atoms with van der Waals surface area (Å²) in [4.78, 5) is 32.3. The SMILES string of the molecule is CC(C)[C@H](NC(=O)N1CCn2c1nc1ccccc12)C(=O)N[C@@H](C)Cc1ccccc1. The van der Waals surface area contributed by atoms with E-state index in [4.69, 9.17) is 0 Å². The highest BCUT2D eigenvalue weighted by Crippen LogP contribution is 2.27. The lowest BCUT2D eigenvalue weighted by atomic mass is 10.0. The summed E-state index contributed by atoms with van der Waals surface area (Å²) in [6.45, 7) is 7.08. The summed E-state index contributed by atoms with van der Waals surface area (Å²) >= 11 is 0. The van der Waals surface area contributed by atoms with Crippen molar-refractivity contribution >= 4 is 28.9 Å². The van der Waals surface area contributed by atoms with Gasteiger partial charge in [0, 0.05) is 19.1 Å². The number of carbonyl (C=O) groups excluding carboxylic acids is 2. The minimum atomic E-state index is -0.621. The number of fused-ring (bicyclic) bond motifs is 3. The topological polar surface area (TPSA) is 79.3 Å². The molecule has 31 heavy (non-hydrogen) atoms. The average Bonchev–Trinajstić information content (AvgIpc) is 3.31. The molecule has 3 amide bonds. The van der Waals surface area contributed by atoms with E-state index in [1.165, 1.54) is 0 Å². The third-order valence-corrected chi connectivity index (χ3v) is 5.67. The molecule has 0 saturated heterocycles. The van der Waals surface area contributed by atoms with Crippen LogP contribution in [-0.4, -0.2) is 40.1 Å². The van der Waals surface area contributed by atoms with E-state index in [0.29, 0.717) is 19.0 Å². The zero-order valence-corrected chi connectivity index (χ0v) is 18.2. The second kappa shape index (κ2) is 8.79. The molecule has 0 saturated carbocycles. The van der Waals surface area contributed by atoms with Crippen LogP contribution in [0.4, 0.5) is 10.7 Å². The van der Waals surface area contributed by atoms with Gasteiger partial charge in [-0.05, 0) is 37.0 Å². The maximum Gasteiger partial charge on any atom is 0.324 e. The van der Waals surface area contributed by atoms with Crippen molar-refractivity contribution in [1.82, 2.24) is 20.2 Å². The lowest BCUT2D eigenvalue weighted by molar-refractivity contribution is -0.124. The molecule has 0 unspecified atom stereocenters. The fourth-order valence-electron chi connectivity index (χ4n) is 4.08. The number of benzene rings is 2. The van der Waals surface area contributed by atoms with Crippen LogP contribution in [0, 0.1) is 5.92 Å². The number of nitrogens with one attached hydrogen (secondary N) is 2. The van der Waals surface area contributed by atoms with E-state index in [0.717, 1.165) is 23.0 Å². The van der Waals surface area contributed by atoms with Crippen molar-refractivity contribution in [1.29, 1.82) is 0 Å². The number of aromatic nitrogens is 2. The molecular weight excluding hydrogens is 390 g/mol. The fraction of sp³-hybridized carbons (Fsp3) is 0.375. The van der Waals surface area contributed by atoms with Crippen molar-refractivity contribution in [2.45, 2.75) is 45.8 Å². The largest absolute Gasteiger partial charge is 0.352 e. The molecule has 2 heterocycles. The van der Waals surface area contributed by atoms with Crippen LogP contribution in [0.5, 0.6) is 0 Å². The number of urea groups is 1. The number of rotatable bonds is 6. The van der Waals surface area contributed by atoms with E-state index in [1.54, 1.807) is 4.90 Å². The van der Waals surface area contributed by atoms with Gasteiger partial charge in [0.1, 0.15) is 6.04 Å². The smallest absolute Gasteiger partial charge is 0.324 e. The number of hydrogen-bond donors (Lipinski definition) is 2. The van der Waals surface area contributed by atoms with E-state index < -0.39 is 6.04 Å². The van der Waals surface area contributed by atoms with Crippen molar-refractivity contribution < 1.29 is 9.59 Å². The van der Waals surface area contributed by atoms with Crippen LogP contribution in [0.2, 0.25) is 0 Å². The highest BCUT2D eigenvalue weighted by molar-refractivity contribution is 5.96. The monoisotopic (exact) mass is 419 g/mol. The number of para-hydroxylation sites is 2. The first kappa shape index (κ1) is 20.9. The van der Waals surface area contributed by atoms with Crippen LogP contribution in [0.25, 0.3) is 11.0 Å². The van der Waals surface area contributed by atoms with E-state index >= 15 is 0 Å². The molecule has 0 bridgehead atoms. The second-order valence-electron chi connectivity index (χ2n) is 8.47. The van der Waals surface area contributed by atoms with Gasteiger partial charge in [0.05, 0.1) is 11.0 Å². The summed E-state index contributed by atoms with van der Waals surface area (Å²) in [5.41, 5.74) is 3.04. The first-order valence-corrected chi connectivity index (χ1v) is 10.8. The molecule has 1 aliphatic heterocycles. The number of anilines is 1. The quantitative estimate of drug-likeness (QED) is 0.643. The van der Waals surface area contributed by atoms with Gasteiger partial charge in [-0.2, -0.15) is 0 Å². The van der Waals surface area contributed by atoms with Crippen LogP contribution >= 0.6 is 0 Å². The molecule has 7 nitrogen and oxygen atoms in total. The molecule has 2 N–H and O–H groups in total. The Morgan fingerprint density at radius 2 is 1.68 bits per heavy atom. The first-order valence-electron chi connectivity index (χ1n) is 10.8. The molecule has 3 aromatic rings. The average molecular weight is 420 g/mol. The summed E-state index contributed by atoms with van der Waals surface area (Å²) in [5, 5.41) is 5.99. The molecular formula is C24H29N5O2. The van der Waals surface area contributed by atoms with Gasteiger partial charge in [-0.25, -0.2) is 9.78 Å².